The summed E-state index contributed by atoms with van der Waals surface area (Å²) in [6.07, 6.45) is -30.0. The summed E-state index contributed by atoms with van der Waals surface area (Å²) in [5, 5.41) is 51.4. The molecule has 9 aromatic carbocycles. The van der Waals surface area contributed by atoms with Crippen molar-refractivity contribution in [3.05, 3.63) is 305 Å². The molecule has 12 rings (SSSR count). The van der Waals surface area contributed by atoms with Crippen molar-refractivity contribution in [2.75, 3.05) is 19.8 Å². The summed E-state index contributed by atoms with van der Waals surface area (Å²) in [5.74, 6) is 0. The molecule has 0 amide bonds. The molecule has 0 radical (unpaired) electrons. The van der Waals surface area contributed by atoms with Crippen molar-refractivity contribution in [3.8, 4) is 0 Å². The van der Waals surface area contributed by atoms with Crippen LogP contribution in [0.4, 0.5) is 0 Å². The summed E-state index contributed by atoms with van der Waals surface area (Å²) in [7, 11) is -14.8. The number of rotatable bonds is 30. The summed E-state index contributed by atoms with van der Waals surface area (Å²) in [6, 6.07) is 71.5. The van der Waals surface area contributed by atoms with Crippen molar-refractivity contribution >= 4 is 30.4 Å². The van der Waals surface area contributed by atoms with Gasteiger partial charge in [0.1, 0.15) is 60.5 Å². The molecule has 9 aromatic rings. The maximum Gasteiger partial charge on any atom is 0.297 e. The molecule has 22 nitrogen and oxygen atoms in total. The van der Waals surface area contributed by atoms with Gasteiger partial charge in [-0.15, -0.1) is 0 Å². The van der Waals surface area contributed by atoms with Crippen LogP contribution in [0, 0.1) is 20.8 Å². The van der Waals surface area contributed by atoms with Gasteiger partial charge in [0.25, 0.3) is 30.4 Å². The highest BCUT2D eigenvalue weighted by Gasteiger charge is 2.59. The summed E-state index contributed by atoms with van der Waals surface area (Å²) in [6.45, 7) is 3.64. The van der Waals surface area contributed by atoms with E-state index in [0.29, 0.717) is 44.5 Å². The SMILES string of the molecule is Cc1ccc(S(=O)(=O)O[C@@H]2[C@@H](O[C@H]3[C@H](O)[C@H](OS(=O)(=O)c4ccc(C)cc4)[C@@H](O)O[C@@H]3COCc3ccccc3)O[C@H](COCc3ccccc3)[C@@H](O[C@H]3O[C@H](COCc4ccccc4)[C@@H](OC(c4ccccc4)(c4ccccc4)c4ccccc4)[C@H](O)[C@@H]3OS(=O)(=O)c3ccc(C)cc3)[C@@H]2O)cc1. The zero-order valence-corrected chi connectivity index (χ0v) is 59.5. The minimum Gasteiger partial charge on any atom is -0.387 e. The van der Waals surface area contributed by atoms with Crippen molar-refractivity contribution < 1.29 is 101 Å². The monoisotopic (exact) mass is 1480 g/mol. The predicted molar refractivity (Wildman–Crippen MR) is 378 cm³/mol. The second kappa shape index (κ2) is 34.2. The summed E-state index contributed by atoms with van der Waals surface area (Å²) >= 11 is 0. The van der Waals surface area contributed by atoms with Crippen LogP contribution in [0.2, 0.25) is 0 Å². The topological polar surface area (TPSA) is 294 Å². The molecule has 0 unspecified atom stereocenters. The lowest BCUT2D eigenvalue weighted by molar-refractivity contribution is -0.376. The van der Waals surface area contributed by atoms with Gasteiger partial charge in [-0.1, -0.05) is 235 Å². The largest absolute Gasteiger partial charge is 0.387 e. The molecule has 0 aliphatic carbocycles. The van der Waals surface area contributed by atoms with E-state index in [2.05, 4.69) is 0 Å². The third-order valence-electron chi connectivity index (χ3n) is 18.1. The number of aliphatic hydroxyl groups excluding tert-OH is 4. The Bertz CT molecular complexity index is 4430. The zero-order chi connectivity index (χ0) is 73.0. The van der Waals surface area contributed by atoms with Crippen molar-refractivity contribution in [1.82, 2.24) is 0 Å². The second-order valence-electron chi connectivity index (χ2n) is 25.7. The molecule has 0 spiro atoms. The van der Waals surface area contributed by atoms with Crippen LogP contribution in [0.5, 0.6) is 0 Å². The minimum atomic E-state index is -5.05. The van der Waals surface area contributed by atoms with E-state index in [4.69, 9.17) is 55.2 Å². The van der Waals surface area contributed by atoms with Gasteiger partial charge in [0.05, 0.1) is 54.3 Å². The first-order chi connectivity index (χ1) is 50.2. The van der Waals surface area contributed by atoms with E-state index in [-0.39, 0.29) is 36.2 Å². The molecule has 3 heterocycles. The fourth-order valence-corrected chi connectivity index (χ4v) is 15.9. The molecule has 3 aliphatic heterocycles. The van der Waals surface area contributed by atoms with Gasteiger partial charge in [-0.05, 0) is 90.6 Å². The molecular weight excluding hydrogens is 1400 g/mol. The van der Waals surface area contributed by atoms with Gasteiger partial charge in [-0.25, -0.2) is 0 Å². The highest BCUT2D eigenvalue weighted by Crippen LogP contribution is 2.45. The van der Waals surface area contributed by atoms with Gasteiger partial charge in [0, 0.05) is 0 Å². The Balaban J connectivity index is 0.974. The second-order valence-corrected chi connectivity index (χ2v) is 30.4. The number of aryl methyl sites for hydroxylation is 3. The van der Waals surface area contributed by atoms with Crippen LogP contribution in [0.25, 0.3) is 0 Å². The maximum absolute atomic E-state index is 15.1. The number of hydrogen-bond donors (Lipinski definition) is 4. The molecule has 4 N–H and O–H groups in total. The molecule has 0 saturated carbocycles. The van der Waals surface area contributed by atoms with Gasteiger partial charge in [-0.2, -0.15) is 25.3 Å². The first kappa shape index (κ1) is 75.9. The van der Waals surface area contributed by atoms with Crippen LogP contribution in [0.15, 0.2) is 269 Å². The van der Waals surface area contributed by atoms with Gasteiger partial charge in [0.15, 0.2) is 37.2 Å². The van der Waals surface area contributed by atoms with Crippen molar-refractivity contribution in [3.63, 3.8) is 0 Å². The molecule has 0 bridgehead atoms. The molecule has 3 aliphatic rings. The Hall–Kier alpha value is -7.81. The molecule has 25 heteroatoms. The van der Waals surface area contributed by atoms with Crippen LogP contribution < -0.4 is 0 Å². The number of aliphatic hydroxyl groups is 4. The summed E-state index contributed by atoms with van der Waals surface area (Å²) in [4.78, 5) is -1.07. The van der Waals surface area contributed by atoms with E-state index in [1.807, 2.05) is 121 Å². The Kier molecular flexibility index (Phi) is 24.9. The highest BCUT2D eigenvalue weighted by molar-refractivity contribution is 7.87. The first-order valence-corrected chi connectivity index (χ1v) is 38.1. The first-order valence-electron chi connectivity index (χ1n) is 33.8. The fraction of sp³-hybridized carbons (Fsp3) is 0.316. The molecule has 548 valence electrons. The number of ether oxygens (including phenoxy) is 9. The Labute approximate surface area is 605 Å². The van der Waals surface area contributed by atoms with Crippen molar-refractivity contribution in [2.24, 2.45) is 0 Å². The molecule has 3 fully saturated rings. The van der Waals surface area contributed by atoms with E-state index in [9.17, 15) is 37.3 Å². The summed E-state index contributed by atoms with van der Waals surface area (Å²) < 4.78 is 166. The van der Waals surface area contributed by atoms with Crippen LogP contribution in [0.3, 0.4) is 0 Å². The lowest BCUT2D eigenvalue weighted by atomic mass is 9.79. The summed E-state index contributed by atoms with van der Waals surface area (Å²) in [5.41, 5.74) is 4.36. The van der Waals surface area contributed by atoms with E-state index in [0.717, 1.165) is 5.56 Å². The average molecular weight is 1480 g/mol. The molecular formula is C79H82O22S3. The standard InChI is InChI=1S/C79H82O22S3/c1-52-34-40-61(41-35-52)102(84,85)99-73-67(80)70(64(93-76(73)83)49-90-46-55-22-10-4-11-23-55)96-77-74(100-103(86,87)62-42-36-53(2)37-43-62)68(81)71(65(94-77)50-91-47-56-24-12-5-13-25-56)97-78-75(101-104(88,89)63-44-38-54(3)39-45-63)69(82)72(66(95-78)51-92-48-57-26-14-6-15-27-57)98-79(58-28-16-7-17-29-58,59-30-18-8-19-31-59)60-32-20-9-21-33-60/h4-45,64-78,80-83H,46-51H2,1-3H3/t64-,65-,66-,67+,68+,69+,70-,71-,72-,73+,74+,75+,76+,77-,78-/m1/s1. The lowest BCUT2D eigenvalue weighted by Crippen LogP contribution is -2.68. The average Bonchev–Trinajstić information content (AvgIpc) is 0.743. The van der Waals surface area contributed by atoms with Crippen molar-refractivity contribution in [1.29, 1.82) is 0 Å². The van der Waals surface area contributed by atoms with Gasteiger partial charge < -0.3 is 63.1 Å². The Morgan fingerprint density at radius 2 is 0.596 bits per heavy atom. The number of benzene rings is 9. The lowest BCUT2D eigenvalue weighted by Gasteiger charge is -2.50. The normalized spacial score (nSPS) is 25.5. The minimum absolute atomic E-state index is 0.00102. The van der Waals surface area contributed by atoms with Crippen molar-refractivity contribution in [2.45, 2.75) is 153 Å². The molecule has 104 heavy (non-hydrogen) atoms. The molecule has 3 saturated heterocycles. The fourth-order valence-electron chi connectivity index (χ4n) is 12.7. The maximum atomic E-state index is 15.1. The van der Waals surface area contributed by atoms with E-state index < -0.39 is 146 Å². The van der Waals surface area contributed by atoms with Gasteiger partial charge in [0.2, 0.25) is 0 Å². The Morgan fingerprint density at radius 3 is 0.923 bits per heavy atom. The smallest absolute Gasteiger partial charge is 0.297 e. The molecule has 15 atom stereocenters. The molecule has 0 aromatic heterocycles. The van der Waals surface area contributed by atoms with E-state index in [1.165, 1.54) is 60.7 Å². The van der Waals surface area contributed by atoms with Crippen LogP contribution in [-0.4, -0.2) is 158 Å². The van der Waals surface area contributed by atoms with Gasteiger partial charge >= 0.3 is 0 Å². The third-order valence-corrected chi connectivity index (χ3v) is 22.1. The number of hydrogen-bond acceptors (Lipinski definition) is 22. The predicted octanol–water partition coefficient (Wildman–Crippen LogP) is 9.28. The quantitative estimate of drug-likeness (QED) is 0.0241. The highest BCUT2D eigenvalue weighted by atomic mass is 32.2. The third kappa shape index (κ3) is 18.2. The van der Waals surface area contributed by atoms with Crippen LogP contribution in [-0.2, 0) is 111 Å². The Morgan fingerprint density at radius 1 is 0.327 bits per heavy atom. The van der Waals surface area contributed by atoms with Crippen LogP contribution >= 0.6 is 0 Å². The van der Waals surface area contributed by atoms with Gasteiger partial charge in [-0.3, -0.25) is 12.5 Å². The van der Waals surface area contributed by atoms with E-state index >= 15 is 8.42 Å². The van der Waals surface area contributed by atoms with Crippen LogP contribution in [0.1, 0.15) is 50.1 Å². The van der Waals surface area contributed by atoms with E-state index in [1.54, 1.807) is 93.6 Å². The zero-order valence-electron chi connectivity index (χ0n) is 57.0.